The Morgan fingerprint density at radius 2 is 1.74 bits per heavy atom. The zero-order valence-electron chi connectivity index (χ0n) is 16.8. The molecule has 0 radical (unpaired) electrons. The van der Waals surface area contributed by atoms with Crippen molar-refractivity contribution in [3.05, 3.63) is 58.7 Å². The first-order chi connectivity index (χ1) is 12.8. The maximum absolute atomic E-state index is 13.2. The van der Waals surface area contributed by atoms with Crippen LogP contribution in [0, 0.1) is 20.8 Å². The van der Waals surface area contributed by atoms with Crippen LogP contribution in [-0.2, 0) is 0 Å². The molecular formula is C22H28N3OS+. The summed E-state index contributed by atoms with van der Waals surface area (Å²) in [6, 6.07) is 12.1. The summed E-state index contributed by atoms with van der Waals surface area (Å²) < 4.78 is 1.13. The van der Waals surface area contributed by atoms with Crippen LogP contribution in [0.15, 0.2) is 36.4 Å². The summed E-state index contributed by atoms with van der Waals surface area (Å²) in [5.74, 6) is 0.0243. The molecule has 0 saturated carbocycles. The molecule has 2 aromatic carbocycles. The van der Waals surface area contributed by atoms with E-state index in [2.05, 4.69) is 40.1 Å². The molecule has 0 aliphatic rings. The highest BCUT2D eigenvalue weighted by atomic mass is 32.1. The van der Waals surface area contributed by atoms with Crippen LogP contribution < -0.4 is 9.80 Å². The average molecular weight is 383 g/mol. The van der Waals surface area contributed by atoms with Crippen LogP contribution in [0.1, 0.15) is 33.5 Å². The van der Waals surface area contributed by atoms with E-state index < -0.39 is 0 Å². The second-order valence-electron chi connectivity index (χ2n) is 7.53. The zero-order valence-corrected chi connectivity index (χ0v) is 17.6. The molecule has 5 heteroatoms. The van der Waals surface area contributed by atoms with Gasteiger partial charge in [-0.25, -0.2) is 4.98 Å². The summed E-state index contributed by atoms with van der Waals surface area (Å²) in [6.45, 7) is 7.94. The molecule has 0 saturated heterocycles. The van der Waals surface area contributed by atoms with Gasteiger partial charge in [0.15, 0.2) is 5.13 Å². The van der Waals surface area contributed by atoms with Crippen molar-refractivity contribution >= 4 is 32.6 Å². The van der Waals surface area contributed by atoms with E-state index in [9.17, 15) is 4.79 Å². The molecular weight excluding hydrogens is 354 g/mol. The Morgan fingerprint density at radius 1 is 1.07 bits per heavy atom. The molecule has 1 heterocycles. The largest absolute Gasteiger partial charge is 0.340 e. The minimum Gasteiger partial charge on any atom is -0.340 e. The van der Waals surface area contributed by atoms with E-state index in [0.717, 1.165) is 33.9 Å². The van der Waals surface area contributed by atoms with Crippen LogP contribution in [0.25, 0.3) is 10.2 Å². The fourth-order valence-electron chi connectivity index (χ4n) is 3.01. The number of carbonyl (C=O) groups is 1. The van der Waals surface area contributed by atoms with Crippen LogP contribution >= 0.6 is 11.3 Å². The third kappa shape index (κ3) is 4.54. The van der Waals surface area contributed by atoms with Gasteiger partial charge >= 0.3 is 0 Å². The van der Waals surface area contributed by atoms with Gasteiger partial charge in [-0.1, -0.05) is 29.0 Å². The van der Waals surface area contributed by atoms with Gasteiger partial charge < -0.3 is 4.90 Å². The number of quaternary nitrogens is 1. The lowest BCUT2D eigenvalue weighted by Crippen LogP contribution is -3.05. The number of hydrogen-bond donors (Lipinski definition) is 1. The predicted octanol–water partition coefficient (Wildman–Crippen LogP) is 3.40. The van der Waals surface area contributed by atoms with Crippen molar-refractivity contribution in [2.75, 3.05) is 32.1 Å². The highest BCUT2D eigenvalue weighted by molar-refractivity contribution is 7.22. The van der Waals surface area contributed by atoms with E-state index >= 15 is 0 Å². The molecule has 0 atom stereocenters. The van der Waals surface area contributed by atoms with Crippen molar-refractivity contribution in [2.45, 2.75) is 27.2 Å². The van der Waals surface area contributed by atoms with Gasteiger partial charge in [0.25, 0.3) is 5.91 Å². The number of carbonyl (C=O) groups excluding carboxylic acids is 1. The Bertz CT molecular complexity index is 905. The number of hydrogen-bond acceptors (Lipinski definition) is 3. The first-order valence-corrected chi connectivity index (χ1v) is 10.2. The molecule has 1 N–H and O–H groups in total. The number of fused-ring (bicyclic) bond motifs is 1. The Labute approximate surface area is 165 Å². The number of rotatable bonds is 6. The van der Waals surface area contributed by atoms with Crippen LogP contribution in [0.2, 0.25) is 0 Å². The monoisotopic (exact) mass is 382 g/mol. The molecule has 1 aromatic heterocycles. The van der Waals surface area contributed by atoms with E-state index in [1.165, 1.54) is 16.0 Å². The average Bonchev–Trinajstić information content (AvgIpc) is 3.01. The molecule has 3 rings (SSSR count). The number of aromatic nitrogens is 1. The van der Waals surface area contributed by atoms with Crippen molar-refractivity contribution < 1.29 is 9.69 Å². The molecule has 3 aromatic rings. The number of amides is 1. The summed E-state index contributed by atoms with van der Waals surface area (Å²) >= 11 is 1.60. The van der Waals surface area contributed by atoms with Crippen LogP contribution in [-0.4, -0.2) is 38.1 Å². The van der Waals surface area contributed by atoms with Gasteiger partial charge in [-0.3, -0.25) is 9.69 Å². The summed E-state index contributed by atoms with van der Waals surface area (Å²) in [7, 11) is 4.27. The Hall–Kier alpha value is -2.24. The molecule has 0 aliphatic carbocycles. The van der Waals surface area contributed by atoms with E-state index in [0.29, 0.717) is 12.1 Å². The Kier molecular flexibility index (Phi) is 5.92. The SMILES string of the molecule is Cc1ccc(C(=O)N(CCC[NH+](C)C)c2nc3cc(C)c(C)cc3s2)cc1. The second-order valence-corrected chi connectivity index (χ2v) is 8.54. The lowest BCUT2D eigenvalue weighted by atomic mass is 10.1. The van der Waals surface area contributed by atoms with Gasteiger partial charge in [-0.15, -0.1) is 0 Å². The number of thiazole rings is 1. The fourth-order valence-corrected chi connectivity index (χ4v) is 4.08. The highest BCUT2D eigenvalue weighted by Crippen LogP contribution is 2.31. The standard InChI is InChI=1S/C22H27N3OS/c1-15-7-9-18(10-8-15)21(26)25(12-6-11-24(4)5)22-23-19-13-16(2)17(3)14-20(19)27-22/h7-10,13-14H,6,11-12H2,1-5H3/p+1. The maximum atomic E-state index is 13.2. The number of aryl methyl sites for hydroxylation is 3. The number of nitrogens with zero attached hydrogens (tertiary/aromatic N) is 2. The zero-order chi connectivity index (χ0) is 19.6. The maximum Gasteiger partial charge on any atom is 0.260 e. The summed E-state index contributed by atoms with van der Waals surface area (Å²) in [5, 5.41) is 0.786. The number of nitrogens with one attached hydrogen (secondary N) is 1. The summed E-state index contributed by atoms with van der Waals surface area (Å²) in [6.07, 6.45) is 0.938. The predicted molar refractivity (Wildman–Crippen MR) is 114 cm³/mol. The van der Waals surface area contributed by atoms with Gasteiger partial charge in [0.1, 0.15) is 0 Å². The van der Waals surface area contributed by atoms with Crippen molar-refractivity contribution in [3.63, 3.8) is 0 Å². The second kappa shape index (κ2) is 8.19. The van der Waals surface area contributed by atoms with Crippen LogP contribution in [0.4, 0.5) is 5.13 Å². The summed E-state index contributed by atoms with van der Waals surface area (Å²) in [5.41, 5.74) is 5.32. The van der Waals surface area contributed by atoms with Crippen LogP contribution in [0.5, 0.6) is 0 Å². The third-order valence-corrected chi connectivity index (χ3v) is 5.87. The first kappa shape index (κ1) is 19.5. The molecule has 0 spiro atoms. The fraction of sp³-hybridized carbons (Fsp3) is 0.364. The summed E-state index contributed by atoms with van der Waals surface area (Å²) in [4.78, 5) is 21.3. The third-order valence-electron chi connectivity index (χ3n) is 4.83. The van der Waals surface area contributed by atoms with Crippen molar-refractivity contribution in [1.82, 2.24) is 4.98 Å². The number of benzene rings is 2. The molecule has 142 valence electrons. The minimum atomic E-state index is 0.0243. The molecule has 0 unspecified atom stereocenters. The van der Waals surface area contributed by atoms with E-state index in [1.807, 2.05) is 36.1 Å². The normalized spacial score (nSPS) is 11.3. The quantitative estimate of drug-likeness (QED) is 0.709. The Balaban J connectivity index is 1.95. The lowest BCUT2D eigenvalue weighted by molar-refractivity contribution is -0.858. The molecule has 0 bridgehead atoms. The van der Waals surface area contributed by atoms with Gasteiger partial charge in [-0.2, -0.15) is 0 Å². The highest BCUT2D eigenvalue weighted by Gasteiger charge is 2.21. The van der Waals surface area contributed by atoms with Crippen molar-refractivity contribution in [1.29, 1.82) is 0 Å². The molecule has 0 fully saturated rings. The first-order valence-electron chi connectivity index (χ1n) is 9.40. The van der Waals surface area contributed by atoms with Crippen LogP contribution in [0.3, 0.4) is 0 Å². The Morgan fingerprint density at radius 3 is 2.41 bits per heavy atom. The van der Waals surface area contributed by atoms with E-state index in [-0.39, 0.29) is 5.91 Å². The van der Waals surface area contributed by atoms with Gasteiger partial charge in [0, 0.05) is 18.5 Å². The van der Waals surface area contributed by atoms with Crippen molar-refractivity contribution in [2.24, 2.45) is 0 Å². The van der Waals surface area contributed by atoms with E-state index in [1.54, 1.807) is 11.3 Å². The van der Waals surface area contributed by atoms with Crippen molar-refractivity contribution in [3.8, 4) is 0 Å². The number of anilines is 1. The van der Waals surface area contributed by atoms with Gasteiger partial charge in [0.2, 0.25) is 0 Å². The molecule has 0 aliphatic heterocycles. The van der Waals surface area contributed by atoms with E-state index in [4.69, 9.17) is 4.98 Å². The minimum absolute atomic E-state index is 0.0243. The smallest absolute Gasteiger partial charge is 0.260 e. The molecule has 27 heavy (non-hydrogen) atoms. The van der Waals surface area contributed by atoms with Gasteiger partial charge in [0.05, 0.1) is 30.9 Å². The molecule has 4 nitrogen and oxygen atoms in total. The topological polar surface area (TPSA) is 37.6 Å². The molecule has 1 amide bonds. The lowest BCUT2D eigenvalue weighted by Gasteiger charge is -2.20. The van der Waals surface area contributed by atoms with Gasteiger partial charge in [-0.05, 0) is 56.2 Å².